The molecule has 0 aromatic heterocycles. The van der Waals surface area contributed by atoms with Gasteiger partial charge in [-0.05, 0) is 32.3 Å². The van der Waals surface area contributed by atoms with Crippen LogP contribution in [0.3, 0.4) is 0 Å². The Morgan fingerprint density at radius 1 is 1.22 bits per heavy atom. The van der Waals surface area contributed by atoms with Crippen molar-refractivity contribution < 1.29 is 14.3 Å². The van der Waals surface area contributed by atoms with Crippen LogP contribution in [0.2, 0.25) is 0 Å². The van der Waals surface area contributed by atoms with Gasteiger partial charge in [0.15, 0.2) is 0 Å². The van der Waals surface area contributed by atoms with Crippen LogP contribution in [0, 0.1) is 0 Å². The van der Waals surface area contributed by atoms with Crippen LogP contribution in [0.4, 0.5) is 4.79 Å². The van der Waals surface area contributed by atoms with E-state index in [9.17, 15) is 9.59 Å². The van der Waals surface area contributed by atoms with Crippen LogP contribution in [0.5, 0.6) is 0 Å². The quantitative estimate of drug-likeness (QED) is 0.857. The summed E-state index contributed by atoms with van der Waals surface area (Å²) in [5, 5.41) is 0. The highest BCUT2D eigenvalue weighted by atomic mass is 16.6. The Morgan fingerprint density at radius 3 is 2.35 bits per heavy atom. The minimum Gasteiger partial charge on any atom is -0.445 e. The number of benzene rings is 1. The van der Waals surface area contributed by atoms with Gasteiger partial charge in [-0.1, -0.05) is 30.3 Å². The molecule has 0 aliphatic carbocycles. The van der Waals surface area contributed by atoms with Gasteiger partial charge < -0.3 is 14.5 Å². The normalized spacial score (nSPS) is 15.6. The van der Waals surface area contributed by atoms with E-state index in [1.54, 1.807) is 11.8 Å². The molecular formula is C18H26N2O3. The van der Waals surface area contributed by atoms with E-state index >= 15 is 0 Å². The summed E-state index contributed by atoms with van der Waals surface area (Å²) < 4.78 is 5.36. The number of nitrogens with zero attached hydrogens (tertiary/aromatic N) is 2. The number of carbonyl (C=O) groups excluding carboxylic acids is 2. The standard InChI is InChI=1S/C18H26N2O3/c1-14(2)20(15(3)21)17-9-11-19(12-10-17)18(22)23-13-16-7-5-4-6-8-16/h4-8,14,17H,9-13H2,1-3H3. The van der Waals surface area contributed by atoms with Crippen molar-refractivity contribution in [3.05, 3.63) is 35.9 Å². The number of rotatable bonds is 4. The monoisotopic (exact) mass is 318 g/mol. The fourth-order valence-corrected chi connectivity index (χ4v) is 3.18. The molecule has 1 fully saturated rings. The predicted octanol–water partition coefficient (Wildman–Crippen LogP) is 3.04. The zero-order valence-electron chi connectivity index (χ0n) is 14.2. The first-order chi connectivity index (χ1) is 11.0. The third kappa shape index (κ3) is 4.71. The lowest BCUT2D eigenvalue weighted by Crippen LogP contribution is -2.50. The molecule has 0 unspecified atom stereocenters. The van der Waals surface area contributed by atoms with Crippen molar-refractivity contribution in [2.75, 3.05) is 13.1 Å². The summed E-state index contributed by atoms with van der Waals surface area (Å²) in [6.07, 6.45) is 1.34. The molecule has 23 heavy (non-hydrogen) atoms. The van der Waals surface area contributed by atoms with Crippen molar-refractivity contribution in [3.8, 4) is 0 Å². The Hall–Kier alpha value is -2.04. The summed E-state index contributed by atoms with van der Waals surface area (Å²) in [7, 11) is 0. The zero-order valence-corrected chi connectivity index (χ0v) is 14.2. The van der Waals surface area contributed by atoms with Crippen molar-refractivity contribution in [3.63, 3.8) is 0 Å². The maximum atomic E-state index is 12.1. The van der Waals surface area contributed by atoms with Crippen LogP contribution >= 0.6 is 0 Å². The molecule has 5 heteroatoms. The van der Waals surface area contributed by atoms with Crippen LogP contribution in [-0.4, -0.2) is 47.0 Å². The molecular weight excluding hydrogens is 292 g/mol. The van der Waals surface area contributed by atoms with Crippen molar-refractivity contribution in [1.29, 1.82) is 0 Å². The number of hydrogen-bond acceptors (Lipinski definition) is 3. The first-order valence-corrected chi connectivity index (χ1v) is 8.23. The van der Waals surface area contributed by atoms with E-state index < -0.39 is 0 Å². The van der Waals surface area contributed by atoms with E-state index in [0.717, 1.165) is 18.4 Å². The van der Waals surface area contributed by atoms with Gasteiger partial charge in [-0.15, -0.1) is 0 Å². The van der Waals surface area contributed by atoms with Gasteiger partial charge >= 0.3 is 6.09 Å². The summed E-state index contributed by atoms with van der Waals surface area (Å²) >= 11 is 0. The summed E-state index contributed by atoms with van der Waals surface area (Å²) in [4.78, 5) is 27.6. The molecule has 1 aromatic carbocycles. The Labute approximate surface area is 138 Å². The smallest absolute Gasteiger partial charge is 0.410 e. The van der Waals surface area contributed by atoms with Gasteiger partial charge in [-0.3, -0.25) is 4.79 Å². The SMILES string of the molecule is CC(=O)N(C(C)C)C1CCN(C(=O)OCc2ccccc2)CC1. The summed E-state index contributed by atoms with van der Waals surface area (Å²) in [6.45, 7) is 7.24. The van der Waals surface area contributed by atoms with E-state index in [-0.39, 0.29) is 24.1 Å². The highest BCUT2D eigenvalue weighted by Crippen LogP contribution is 2.20. The lowest BCUT2D eigenvalue weighted by Gasteiger charge is -2.39. The average molecular weight is 318 g/mol. The maximum Gasteiger partial charge on any atom is 0.410 e. The highest BCUT2D eigenvalue weighted by Gasteiger charge is 2.30. The molecule has 1 aliphatic heterocycles. The second kappa shape index (κ2) is 7.99. The molecule has 126 valence electrons. The molecule has 2 amide bonds. The molecule has 1 heterocycles. The predicted molar refractivity (Wildman–Crippen MR) is 88.9 cm³/mol. The van der Waals surface area contributed by atoms with E-state index in [1.807, 2.05) is 49.1 Å². The molecule has 1 aromatic rings. The van der Waals surface area contributed by atoms with Crippen LogP contribution in [-0.2, 0) is 16.1 Å². The summed E-state index contributed by atoms with van der Waals surface area (Å²) in [6, 6.07) is 10.1. The van der Waals surface area contributed by atoms with Crippen LogP contribution in [0.25, 0.3) is 0 Å². The first-order valence-electron chi connectivity index (χ1n) is 8.23. The number of carbonyl (C=O) groups is 2. The molecule has 0 atom stereocenters. The molecule has 2 rings (SSSR count). The zero-order chi connectivity index (χ0) is 16.8. The van der Waals surface area contributed by atoms with Gasteiger partial charge in [0.25, 0.3) is 0 Å². The third-order valence-electron chi connectivity index (χ3n) is 4.24. The molecule has 0 spiro atoms. The largest absolute Gasteiger partial charge is 0.445 e. The number of ether oxygens (including phenoxy) is 1. The Balaban J connectivity index is 1.81. The van der Waals surface area contributed by atoms with Crippen molar-refractivity contribution in [2.24, 2.45) is 0 Å². The van der Waals surface area contributed by atoms with Crippen molar-refractivity contribution in [1.82, 2.24) is 9.80 Å². The number of hydrogen-bond donors (Lipinski definition) is 0. The van der Waals surface area contributed by atoms with Crippen LogP contribution in [0.15, 0.2) is 30.3 Å². The lowest BCUT2D eigenvalue weighted by atomic mass is 10.0. The highest BCUT2D eigenvalue weighted by molar-refractivity contribution is 5.74. The van der Waals surface area contributed by atoms with Gasteiger partial charge in [0, 0.05) is 32.1 Å². The van der Waals surface area contributed by atoms with Crippen molar-refractivity contribution in [2.45, 2.75) is 52.3 Å². The summed E-state index contributed by atoms with van der Waals surface area (Å²) in [5.74, 6) is 0.102. The topological polar surface area (TPSA) is 49.9 Å². The van der Waals surface area contributed by atoms with E-state index in [0.29, 0.717) is 19.7 Å². The third-order valence-corrected chi connectivity index (χ3v) is 4.24. The van der Waals surface area contributed by atoms with Gasteiger partial charge in [-0.2, -0.15) is 0 Å². The minimum atomic E-state index is -0.272. The molecule has 1 saturated heterocycles. The fraction of sp³-hybridized carbons (Fsp3) is 0.556. The number of piperidine rings is 1. The second-order valence-electron chi connectivity index (χ2n) is 6.28. The molecule has 5 nitrogen and oxygen atoms in total. The molecule has 1 aliphatic rings. The Kier molecular flexibility index (Phi) is 6.02. The fourth-order valence-electron chi connectivity index (χ4n) is 3.18. The molecule has 0 N–H and O–H groups in total. The van der Waals surface area contributed by atoms with Crippen LogP contribution < -0.4 is 0 Å². The Morgan fingerprint density at radius 2 is 1.83 bits per heavy atom. The maximum absolute atomic E-state index is 12.1. The second-order valence-corrected chi connectivity index (χ2v) is 6.28. The lowest BCUT2D eigenvalue weighted by molar-refractivity contribution is -0.134. The molecule has 0 bridgehead atoms. The van der Waals surface area contributed by atoms with Gasteiger partial charge in [0.05, 0.1) is 0 Å². The van der Waals surface area contributed by atoms with Crippen LogP contribution in [0.1, 0.15) is 39.2 Å². The summed E-state index contributed by atoms with van der Waals surface area (Å²) in [5.41, 5.74) is 0.985. The van der Waals surface area contributed by atoms with Crippen molar-refractivity contribution >= 4 is 12.0 Å². The average Bonchev–Trinajstić information content (AvgIpc) is 2.53. The number of likely N-dealkylation sites (tertiary alicyclic amines) is 1. The van der Waals surface area contributed by atoms with E-state index in [1.165, 1.54) is 0 Å². The van der Waals surface area contributed by atoms with Gasteiger partial charge in [-0.25, -0.2) is 4.79 Å². The first kappa shape index (κ1) is 17.3. The Bertz CT molecular complexity index is 522. The number of amides is 2. The van der Waals surface area contributed by atoms with Gasteiger partial charge in [0.1, 0.15) is 6.61 Å². The van der Waals surface area contributed by atoms with E-state index in [2.05, 4.69) is 0 Å². The van der Waals surface area contributed by atoms with Gasteiger partial charge in [0.2, 0.25) is 5.91 Å². The van der Waals surface area contributed by atoms with E-state index in [4.69, 9.17) is 4.74 Å². The minimum absolute atomic E-state index is 0.102. The molecule has 0 radical (unpaired) electrons. The molecule has 0 saturated carbocycles.